The van der Waals surface area contributed by atoms with Crippen LogP contribution in [0, 0.1) is 0 Å². The molecule has 0 unspecified atom stereocenters. The Labute approximate surface area is 108 Å². The van der Waals surface area contributed by atoms with Gasteiger partial charge in [-0.1, -0.05) is 39.0 Å². The highest BCUT2D eigenvalue weighted by Gasteiger charge is 1.99. The number of halogens is 1. The number of ether oxygens (including phenoxy) is 1. The molecule has 0 bridgehead atoms. The molecule has 0 N–H and O–H groups in total. The lowest BCUT2D eigenvalue weighted by molar-refractivity contribution is 0.166. The average Bonchev–Trinajstić information content (AvgIpc) is 2.29. The Morgan fingerprint density at radius 1 is 1.00 bits per heavy atom. The number of hydrogen-bond acceptors (Lipinski definition) is 2. The van der Waals surface area contributed by atoms with Crippen molar-refractivity contribution in [2.45, 2.75) is 45.4 Å². The van der Waals surface area contributed by atoms with Crippen molar-refractivity contribution in [1.29, 1.82) is 0 Å². The van der Waals surface area contributed by atoms with Gasteiger partial charge in [-0.2, -0.15) is 0 Å². The van der Waals surface area contributed by atoms with E-state index < -0.39 is 10.8 Å². The first-order valence-electron chi connectivity index (χ1n) is 6.30. The van der Waals surface area contributed by atoms with E-state index in [0.29, 0.717) is 24.8 Å². The molecule has 0 aliphatic heterocycles. The largest absolute Gasteiger partial charge is 0.379 e. The molecule has 0 fully saturated rings. The maximum absolute atomic E-state index is 11.5. The fourth-order valence-electron chi connectivity index (χ4n) is 1.45. The molecule has 0 spiro atoms. The predicted molar refractivity (Wildman–Crippen MR) is 72.8 cm³/mol. The first kappa shape index (κ1) is 16.4. The zero-order valence-electron chi connectivity index (χ0n) is 10.4. The first-order chi connectivity index (χ1) is 7.81. The molecule has 0 saturated carbocycles. The molecule has 0 radical (unpaired) electrons. The van der Waals surface area contributed by atoms with Crippen molar-refractivity contribution in [3.63, 3.8) is 0 Å². The Balaban J connectivity index is 3.11. The second-order valence-electron chi connectivity index (χ2n) is 3.92. The summed E-state index contributed by atoms with van der Waals surface area (Å²) in [5.41, 5.74) is 0. The fraction of sp³-hybridized carbons (Fsp3) is 1.00. The van der Waals surface area contributed by atoms with E-state index in [1.807, 2.05) is 0 Å². The van der Waals surface area contributed by atoms with Crippen LogP contribution in [0.25, 0.3) is 0 Å². The smallest absolute Gasteiger partial charge is 0.0602 e. The van der Waals surface area contributed by atoms with E-state index in [1.54, 1.807) is 0 Å². The maximum Gasteiger partial charge on any atom is 0.0602 e. The van der Waals surface area contributed by atoms with Crippen molar-refractivity contribution >= 4 is 22.4 Å². The number of alkyl halides is 1. The minimum absolute atomic E-state index is 0.518. The Kier molecular flexibility index (Phi) is 13.8. The average molecular weight is 269 g/mol. The van der Waals surface area contributed by atoms with Gasteiger partial charge in [0.05, 0.1) is 13.2 Å². The zero-order valence-corrected chi connectivity index (χ0v) is 12.0. The van der Waals surface area contributed by atoms with Gasteiger partial charge in [-0.3, -0.25) is 4.21 Å². The summed E-state index contributed by atoms with van der Waals surface area (Å²) in [5, 5.41) is 0. The van der Waals surface area contributed by atoms with Crippen LogP contribution in [0.3, 0.4) is 0 Å². The molecule has 0 heterocycles. The van der Waals surface area contributed by atoms with Gasteiger partial charge in [-0.15, -0.1) is 11.6 Å². The lowest BCUT2D eigenvalue weighted by Gasteiger charge is -2.03. The lowest BCUT2D eigenvalue weighted by Crippen LogP contribution is -2.10. The highest BCUT2D eigenvalue weighted by Crippen LogP contribution is 2.05. The number of hydrogen-bond donors (Lipinski definition) is 0. The molecule has 98 valence electrons. The van der Waals surface area contributed by atoms with Crippen LogP contribution >= 0.6 is 11.6 Å². The quantitative estimate of drug-likeness (QED) is 0.401. The van der Waals surface area contributed by atoms with Crippen molar-refractivity contribution in [2.75, 3.05) is 30.6 Å². The maximum atomic E-state index is 11.5. The van der Waals surface area contributed by atoms with Crippen LogP contribution in [0.2, 0.25) is 0 Å². The Hall–Kier alpha value is 0.400. The van der Waals surface area contributed by atoms with Crippen molar-refractivity contribution < 1.29 is 8.95 Å². The van der Waals surface area contributed by atoms with E-state index in [1.165, 1.54) is 32.1 Å². The first-order valence-corrected chi connectivity index (χ1v) is 8.32. The van der Waals surface area contributed by atoms with E-state index in [0.717, 1.165) is 12.2 Å². The van der Waals surface area contributed by atoms with Gasteiger partial charge in [0.2, 0.25) is 0 Å². The van der Waals surface area contributed by atoms with E-state index in [9.17, 15) is 4.21 Å². The van der Waals surface area contributed by atoms with Crippen LogP contribution < -0.4 is 0 Å². The predicted octanol–water partition coefficient (Wildman–Crippen LogP) is 3.35. The van der Waals surface area contributed by atoms with Gasteiger partial charge in [0.25, 0.3) is 0 Å². The van der Waals surface area contributed by atoms with Crippen LogP contribution in [0.4, 0.5) is 0 Å². The van der Waals surface area contributed by atoms with E-state index in [4.69, 9.17) is 16.3 Å². The standard InChI is InChI=1S/C12H25ClO2S/c1-2-3-4-5-6-7-11-16(14)12-10-15-9-8-13/h2-12H2,1H3/t16-/m0/s1. The van der Waals surface area contributed by atoms with Gasteiger partial charge in [-0.25, -0.2) is 0 Å². The van der Waals surface area contributed by atoms with E-state index in [-0.39, 0.29) is 0 Å². The van der Waals surface area contributed by atoms with Crippen LogP contribution in [0.15, 0.2) is 0 Å². The molecule has 0 aliphatic carbocycles. The third-order valence-corrected chi connectivity index (χ3v) is 3.92. The summed E-state index contributed by atoms with van der Waals surface area (Å²) >= 11 is 5.46. The second-order valence-corrected chi connectivity index (χ2v) is 5.99. The molecule has 0 aromatic rings. The molecule has 0 aromatic heterocycles. The van der Waals surface area contributed by atoms with Crippen molar-refractivity contribution in [1.82, 2.24) is 0 Å². The van der Waals surface area contributed by atoms with Crippen LogP contribution in [-0.2, 0) is 15.5 Å². The molecular formula is C12H25ClO2S. The van der Waals surface area contributed by atoms with Crippen molar-refractivity contribution in [3.05, 3.63) is 0 Å². The van der Waals surface area contributed by atoms with Gasteiger partial charge in [-0.05, 0) is 6.42 Å². The van der Waals surface area contributed by atoms with Crippen LogP contribution in [0.5, 0.6) is 0 Å². The summed E-state index contributed by atoms with van der Waals surface area (Å²) in [5.74, 6) is 2.01. The fourth-order valence-corrected chi connectivity index (χ4v) is 2.60. The molecular weight excluding hydrogens is 244 g/mol. The summed E-state index contributed by atoms with van der Waals surface area (Å²) in [4.78, 5) is 0. The van der Waals surface area contributed by atoms with Crippen molar-refractivity contribution in [2.24, 2.45) is 0 Å². The SMILES string of the molecule is CCCCCCCC[S@](=O)CCOCCCl. The van der Waals surface area contributed by atoms with E-state index in [2.05, 4.69) is 6.92 Å². The topological polar surface area (TPSA) is 26.3 Å². The normalized spacial score (nSPS) is 12.9. The number of rotatable bonds is 12. The minimum Gasteiger partial charge on any atom is -0.379 e. The molecule has 0 amide bonds. The van der Waals surface area contributed by atoms with Crippen LogP contribution in [0.1, 0.15) is 45.4 Å². The van der Waals surface area contributed by atoms with Gasteiger partial charge in [0.15, 0.2) is 0 Å². The molecule has 1 atom stereocenters. The van der Waals surface area contributed by atoms with Crippen molar-refractivity contribution in [3.8, 4) is 0 Å². The Morgan fingerprint density at radius 2 is 1.69 bits per heavy atom. The monoisotopic (exact) mass is 268 g/mol. The van der Waals surface area contributed by atoms with E-state index >= 15 is 0 Å². The van der Waals surface area contributed by atoms with Gasteiger partial charge < -0.3 is 4.74 Å². The minimum atomic E-state index is -0.699. The van der Waals surface area contributed by atoms with Gasteiger partial charge in [0.1, 0.15) is 0 Å². The van der Waals surface area contributed by atoms with Gasteiger partial charge in [0, 0.05) is 28.2 Å². The number of unbranched alkanes of at least 4 members (excludes halogenated alkanes) is 5. The highest BCUT2D eigenvalue weighted by atomic mass is 35.5. The van der Waals surface area contributed by atoms with Crippen LogP contribution in [-0.4, -0.2) is 34.8 Å². The summed E-state index contributed by atoms with van der Waals surface area (Å²) in [6.45, 7) is 3.36. The molecule has 4 heteroatoms. The summed E-state index contributed by atoms with van der Waals surface area (Å²) in [6, 6.07) is 0. The second kappa shape index (κ2) is 13.5. The summed E-state index contributed by atoms with van der Waals surface area (Å²) < 4.78 is 16.7. The highest BCUT2D eigenvalue weighted by molar-refractivity contribution is 7.84. The lowest BCUT2D eigenvalue weighted by atomic mass is 10.1. The Bertz CT molecular complexity index is 165. The molecule has 0 saturated heterocycles. The third-order valence-electron chi connectivity index (χ3n) is 2.40. The zero-order chi connectivity index (χ0) is 12.1. The summed E-state index contributed by atoms with van der Waals surface area (Å²) in [6.07, 6.45) is 7.52. The Morgan fingerprint density at radius 3 is 2.38 bits per heavy atom. The molecule has 2 nitrogen and oxygen atoms in total. The molecule has 16 heavy (non-hydrogen) atoms. The molecule has 0 aromatic carbocycles. The molecule has 0 rings (SSSR count). The summed E-state index contributed by atoms with van der Waals surface area (Å²) in [7, 11) is -0.699. The molecule has 0 aliphatic rings. The third kappa shape index (κ3) is 12.5. The van der Waals surface area contributed by atoms with Gasteiger partial charge >= 0.3 is 0 Å².